The van der Waals surface area contributed by atoms with E-state index in [0.29, 0.717) is 0 Å². The van der Waals surface area contributed by atoms with Crippen molar-refractivity contribution in [2.24, 2.45) is 7.05 Å². The summed E-state index contributed by atoms with van der Waals surface area (Å²) < 4.78 is 15.4. The molecule has 0 aliphatic carbocycles. The van der Waals surface area contributed by atoms with E-state index in [1.54, 1.807) is 12.1 Å². The van der Waals surface area contributed by atoms with Crippen LogP contribution in [0, 0.1) is 5.82 Å². The Hall–Kier alpha value is -1.39. The van der Waals surface area contributed by atoms with Crippen LogP contribution in [0.1, 0.15) is 23.9 Å². The van der Waals surface area contributed by atoms with Gasteiger partial charge in [-0.2, -0.15) is 5.10 Å². The van der Waals surface area contributed by atoms with Gasteiger partial charge in [-0.25, -0.2) is 4.39 Å². The minimum absolute atomic E-state index is 0.0927. The van der Waals surface area contributed by atoms with Gasteiger partial charge in [0.25, 0.3) is 0 Å². The van der Waals surface area contributed by atoms with Crippen LogP contribution in [0.2, 0.25) is 5.02 Å². The molecule has 21 heavy (non-hydrogen) atoms. The topological polar surface area (TPSA) is 29.9 Å². The third kappa shape index (κ3) is 2.47. The number of hydrogen-bond acceptors (Lipinski definition) is 2. The molecule has 2 aromatic rings. The van der Waals surface area contributed by atoms with Crippen molar-refractivity contribution in [3.05, 3.63) is 52.1 Å². The number of aromatic nitrogens is 2. The summed E-state index contributed by atoms with van der Waals surface area (Å²) in [5.74, 6) is -0.191. The van der Waals surface area contributed by atoms with Crippen LogP contribution in [0.5, 0.6) is 0 Å². The van der Waals surface area contributed by atoms with Gasteiger partial charge < -0.3 is 5.32 Å². The second-order valence-electron chi connectivity index (χ2n) is 5.76. The Morgan fingerprint density at radius 1 is 1.43 bits per heavy atom. The summed E-state index contributed by atoms with van der Waals surface area (Å²) in [6.45, 7) is 3.71. The van der Waals surface area contributed by atoms with Gasteiger partial charge in [-0.15, -0.1) is 0 Å². The normalized spacial score (nSPS) is 16.8. The molecular formula is C16H19ClFN3. The van der Waals surface area contributed by atoms with Crippen molar-refractivity contribution in [1.29, 1.82) is 0 Å². The van der Waals surface area contributed by atoms with Crippen LogP contribution in [0.4, 0.5) is 4.39 Å². The van der Waals surface area contributed by atoms with E-state index in [1.807, 2.05) is 24.7 Å². The lowest BCUT2D eigenvalue weighted by molar-refractivity contribution is 0.269. The molecule has 0 spiro atoms. The molecular weight excluding hydrogens is 289 g/mol. The second-order valence-corrected chi connectivity index (χ2v) is 6.13. The summed E-state index contributed by atoms with van der Waals surface area (Å²) >= 11 is 6.46. The maximum Gasteiger partial charge on any atom is 0.123 e. The van der Waals surface area contributed by atoms with E-state index >= 15 is 0 Å². The SMILES string of the molecule is CCc1nn(C)c(CC2(c3cccc(F)c3)CNC2)c1Cl. The van der Waals surface area contributed by atoms with Crippen LogP contribution < -0.4 is 5.32 Å². The molecule has 1 N–H and O–H groups in total. The van der Waals surface area contributed by atoms with Gasteiger partial charge in [0.2, 0.25) is 0 Å². The highest BCUT2D eigenvalue weighted by molar-refractivity contribution is 6.31. The number of benzene rings is 1. The Balaban J connectivity index is 1.97. The predicted octanol–water partition coefficient (Wildman–Crippen LogP) is 2.86. The fourth-order valence-electron chi connectivity index (χ4n) is 3.01. The lowest BCUT2D eigenvalue weighted by Crippen LogP contribution is -2.58. The quantitative estimate of drug-likeness (QED) is 0.941. The number of halogens is 2. The van der Waals surface area contributed by atoms with E-state index in [2.05, 4.69) is 10.4 Å². The average Bonchev–Trinajstić information content (AvgIpc) is 2.69. The van der Waals surface area contributed by atoms with Crippen LogP contribution in [-0.4, -0.2) is 22.9 Å². The van der Waals surface area contributed by atoms with E-state index in [9.17, 15) is 4.39 Å². The largest absolute Gasteiger partial charge is 0.315 e. The number of aryl methyl sites for hydroxylation is 2. The molecule has 1 aromatic carbocycles. The monoisotopic (exact) mass is 307 g/mol. The van der Waals surface area contributed by atoms with Crippen LogP contribution in [-0.2, 0) is 25.3 Å². The molecule has 112 valence electrons. The van der Waals surface area contributed by atoms with E-state index in [4.69, 9.17) is 11.6 Å². The molecule has 1 aliphatic heterocycles. The van der Waals surface area contributed by atoms with Gasteiger partial charge in [0.05, 0.1) is 16.4 Å². The smallest absolute Gasteiger partial charge is 0.123 e. The molecule has 1 aliphatic rings. The van der Waals surface area contributed by atoms with Crippen molar-refractivity contribution in [1.82, 2.24) is 15.1 Å². The van der Waals surface area contributed by atoms with Gasteiger partial charge in [-0.05, 0) is 24.1 Å². The molecule has 0 amide bonds. The number of rotatable bonds is 4. The van der Waals surface area contributed by atoms with Crippen LogP contribution in [0.25, 0.3) is 0 Å². The first-order valence-electron chi connectivity index (χ1n) is 7.23. The zero-order chi connectivity index (χ0) is 15.0. The summed E-state index contributed by atoms with van der Waals surface area (Å²) in [5.41, 5.74) is 2.89. The minimum atomic E-state index is -0.191. The summed E-state index contributed by atoms with van der Waals surface area (Å²) in [5, 5.41) is 8.53. The molecule has 2 heterocycles. The molecule has 5 heteroatoms. The molecule has 1 fully saturated rings. The average molecular weight is 308 g/mol. The van der Waals surface area contributed by atoms with Gasteiger partial charge >= 0.3 is 0 Å². The Morgan fingerprint density at radius 2 is 2.19 bits per heavy atom. The third-order valence-corrected chi connectivity index (χ3v) is 4.81. The Kier molecular flexibility index (Phi) is 3.76. The molecule has 0 radical (unpaired) electrons. The zero-order valence-electron chi connectivity index (χ0n) is 12.3. The standard InChI is InChI=1S/C16H19ClFN3/c1-3-13-15(17)14(21(2)20-13)8-16(9-19-10-16)11-5-4-6-12(18)7-11/h4-7,19H,3,8-10H2,1-2H3. The molecule has 3 rings (SSSR count). The van der Waals surface area contributed by atoms with E-state index in [0.717, 1.165) is 47.9 Å². The molecule has 0 unspecified atom stereocenters. The molecule has 1 saturated heterocycles. The van der Waals surface area contributed by atoms with Crippen LogP contribution in [0.15, 0.2) is 24.3 Å². The fourth-order valence-corrected chi connectivity index (χ4v) is 3.37. The molecule has 0 bridgehead atoms. The van der Waals surface area contributed by atoms with Crippen LogP contribution in [0.3, 0.4) is 0 Å². The maximum absolute atomic E-state index is 13.5. The predicted molar refractivity (Wildman–Crippen MR) is 82.2 cm³/mol. The third-order valence-electron chi connectivity index (χ3n) is 4.37. The van der Waals surface area contributed by atoms with Crippen molar-refractivity contribution in [3.8, 4) is 0 Å². The van der Waals surface area contributed by atoms with Crippen molar-refractivity contribution >= 4 is 11.6 Å². The molecule has 3 nitrogen and oxygen atoms in total. The highest BCUT2D eigenvalue weighted by atomic mass is 35.5. The Morgan fingerprint density at radius 3 is 2.71 bits per heavy atom. The lowest BCUT2D eigenvalue weighted by atomic mass is 9.72. The van der Waals surface area contributed by atoms with E-state index in [1.165, 1.54) is 6.07 Å². The van der Waals surface area contributed by atoms with Gasteiger partial charge in [-0.3, -0.25) is 4.68 Å². The maximum atomic E-state index is 13.5. The van der Waals surface area contributed by atoms with Crippen LogP contribution >= 0.6 is 11.6 Å². The highest BCUT2D eigenvalue weighted by Gasteiger charge is 2.40. The first kappa shape index (κ1) is 14.5. The fraction of sp³-hybridized carbons (Fsp3) is 0.438. The van der Waals surface area contributed by atoms with Crippen molar-refractivity contribution in [2.45, 2.75) is 25.2 Å². The van der Waals surface area contributed by atoms with Gasteiger partial charge in [0.1, 0.15) is 5.82 Å². The second kappa shape index (κ2) is 5.43. The summed E-state index contributed by atoms with van der Waals surface area (Å²) in [6, 6.07) is 6.88. The highest BCUT2D eigenvalue weighted by Crippen LogP contribution is 2.35. The number of nitrogens with one attached hydrogen (secondary N) is 1. The van der Waals surface area contributed by atoms with Gasteiger partial charge in [0, 0.05) is 32.0 Å². The summed E-state index contributed by atoms with van der Waals surface area (Å²) in [7, 11) is 1.92. The first-order chi connectivity index (χ1) is 10.1. The van der Waals surface area contributed by atoms with E-state index in [-0.39, 0.29) is 11.2 Å². The van der Waals surface area contributed by atoms with Gasteiger partial charge in [-0.1, -0.05) is 30.7 Å². The number of hydrogen-bond donors (Lipinski definition) is 1. The number of nitrogens with zero attached hydrogens (tertiary/aromatic N) is 2. The Bertz CT molecular complexity index is 662. The van der Waals surface area contributed by atoms with Crippen molar-refractivity contribution < 1.29 is 4.39 Å². The minimum Gasteiger partial charge on any atom is -0.315 e. The lowest BCUT2D eigenvalue weighted by Gasteiger charge is -2.43. The molecule has 1 aromatic heterocycles. The summed E-state index contributed by atoms with van der Waals surface area (Å²) in [6.07, 6.45) is 1.59. The molecule has 0 saturated carbocycles. The van der Waals surface area contributed by atoms with Crippen molar-refractivity contribution in [2.75, 3.05) is 13.1 Å². The molecule has 0 atom stereocenters. The van der Waals surface area contributed by atoms with Gasteiger partial charge in [0.15, 0.2) is 0 Å². The zero-order valence-corrected chi connectivity index (χ0v) is 13.0. The van der Waals surface area contributed by atoms with Crippen molar-refractivity contribution in [3.63, 3.8) is 0 Å². The van der Waals surface area contributed by atoms with E-state index < -0.39 is 0 Å². The Labute approximate surface area is 129 Å². The summed E-state index contributed by atoms with van der Waals surface area (Å²) in [4.78, 5) is 0. The first-order valence-corrected chi connectivity index (χ1v) is 7.60.